The van der Waals surface area contributed by atoms with E-state index in [2.05, 4.69) is 15.3 Å². The molecule has 0 saturated carbocycles. The van der Waals surface area contributed by atoms with Gasteiger partial charge in [0.1, 0.15) is 0 Å². The second kappa shape index (κ2) is 7.48. The molecule has 3 N–H and O–H groups in total. The van der Waals surface area contributed by atoms with Gasteiger partial charge in [0, 0.05) is 11.8 Å². The van der Waals surface area contributed by atoms with Crippen molar-refractivity contribution >= 4 is 16.7 Å². The molecule has 0 aliphatic heterocycles. The van der Waals surface area contributed by atoms with Gasteiger partial charge in [-0.3, -0.25) is 14.6 Å². The SMILES string of the molecule is Cc1cc(-n2nc(C(=O)O)c(=O)[nH]c2=O)cc(C)c1Cc1n[nH]c(=O)c2ccccc12. The lowest BCUT2D eigenvalue weighted by Crippen LogP contribution is -2.35. The molecule has 2 aromatic carbocycles. The van der Waals surface area contributed by atoms with E-state index in [0.29, 0.717) is 23.2 Å². The molecule has 0 spiro atoms. The first-order valence-corrected chi connectivity index (χ1v) is 9.30. The van der Waals surface area contributed by atoms with E-state index in [1.807, 2.05) is 31.0 Å². The lowest BCUT2D eigenvalue weighted by atomic mass is 9.96. The van der Waals surface area contributed by atoms with E-state index in [9.17, 15) is 19.2 Å². The molecule has 0 saturated heterocycles. The van der Waals surface area contributed by atoms with Crippen LogP contribution in [0.1, 0.15) is 32.9 Å². The third-order valence-electron chi connectivity index (χ3n) is 5.08. The Labute approximate surface area is 173 Å². The Hall–Kier alpha value is -4.34. The van der Waals surface area contributed by atoms with Crippen LogP contribution in [-0.4, -0.2) is 36.0 Å². The van der Waals surface area contributed by atoms with Crippen LogP contribution in [-0.2, 0) is 6.42 Å². The maximum Gasteiger partial charge on any atom is 0.362 e. The van der Waals surface area contributed by atoms with E-state index < -0.39 is 22.9 Å². The molecule has 0 atom stereocenters. The molecule has 0 aliphatic carbocycles. The van der Waals surface area contributed by atoms with Crippen LogP contribution in [0, 0.1) is 13.8 Å². The zero-order valence-electron chi connectivity index (χ0n) is 16.6. The number of aromatic amines is 2. The number of nitrogens with one attached hydrogen (secondary N) is 2. The Kier molecular flexibility index (Phi) is 4.82. The van der Waals surface area contributed by atoms with E-state index in [4.69, 9.17) is 5.11 Å². The van der Waals surface area contributed by atoms with Crippen LogP contribution in [0.25, 0.3) is 16.5 Å². The molecule has 2 heterocycles. The van der Waals surface area contributed by atoms with Gasteiger partial charge in [-0.1, -0.05) is 18.2 Å². The van der Waals surface area contributed by atoms with Crippen molar-refractivity contribution in [2.45, 2.75) is 20.3 Å². The standard InChI is InChI=1S/C21H17N5O5/c1-10-7-12(26-21(31)22-19(28)17(25-26)20(29)30)8-11(2)15(10)9-16-13-5-3-4-6-14(13)18(27)24-23-16/h3-8H,9H2,1-2H3,(H,24,27)(H,29,30)(H,22,28,31). The maximum absolute atomic E-state index is 12.2. The van der Waals surface area contributed by atoms with Crippen molar-refractivity contribution in [3.8, 4) is 5.69 Å². The molecular weight excluding hydrogens is 402 g/mol. The van der Waals surface area contributed by atoms with Crippen molar-refractivity contribution < 1.29 is 9.90 Å². The highest BCUT2D eigenvalue weighted by Crippen LogP contribution is 2.23. The molecule has 0 aliphatic rings. The number of carboxylic acids is 1. The summed E-state index contributed by atoms with van der Waals surface area (Å²) in [5, 5.41) is 20.8. The first kappa shape index (κ1) is 20.0. The number of fused-ring (bicyclic) bond motifs is 1. The number of aromatic carboxylic acids is 1. The normalized spacial score (nSPS) is 11.0. The highest BCUT2D eigenvalue weighted by Gasteiger charge is 2.17. The predicted molar refractivity (Wildman–Crippen MR) is 112 cm³/mol. The van der Waals surface area contributed by atoms with E-state index in [1.165, 1.54) is 0 Å². The minimum atomic E-state index is -1.53. The van der Waals surface area contributed by atoms with Gasteiger partial charge in [-0.05, 0) is 48.7 Å². The number of nitrogens with zero attached hydrogens (tertiary/aromatic N) is 3. The van der Waals surface area contributed by atoms with Gasteiger partial charge < -0.3 is 5.11 Å². The van der Waals surface area contributed by atoms with Crippen LogP contribution in [0.2, 0.25) is 0 Å². The largest absolute Gasteiger partial charge is 0.476 e. The van der Waals surface area contributed by atoms with Crippen LogP contribution < -0.4 is 16.8 Å². The number of aryl methyl sites for hydroxylation is 2. The summed E-state index contributed by atoms with van der Waals surface area (Å²) in [4.78, 5) is 49.0. The summed E-state index contributed by atoms with van der Waals surface area (Å²) in [6.07, 6.45) is 0.434. The topological polar surface area (TPSA) is 151 Å². The Morgan fingerprint density at radius 1 is 1.03 bits per heavy atom. The summed E-state index contributed by atoms with van der Waals surface area (Å²) in [6, 6.07) is 10.5. The fourth-order valence-corrected chi connectivity index (χ4v) is 3.56. The lowest BCUT2D eigenvalue weighted by Gasteiger charge is -2.14. The third-order valence-corrected chi connectivity index (χ3v) is 5.08. The van der Waals surface area contributed by atoms with Crippen molar-refractivity contribution in [1.29, 1.82) is 0 Å². The van der Waals surface area contributed by atoms with Crippen molar-refractivity contribution in [2.75, 3.05) is 0 Å². The molecule has 10 heteroatoms. The first-order chi connectivity index (χ1) is 14.8. The quantitative estimate of drug-likeness (QED) is 0.447. The van der Waals surface area contributed by atoms with Gasteiger partial charge in [0.25, 0.3) is 11.1 Å². The molecule has 0 amide bonds. The molecule has 10 nitrogen and oxygen atoms in total. The van der Waals surface area contributed by atoms with Crippen molar-refractivity contribution in [3.63, 3.8) is 0 Å². The minimum absolute atomic E-state index is 0.263. The molecule has 31 heavy (non-hydrogen) atoms. The second-order valence-corrected chi connectivity index (χ2v) is 7.10. The maximum atomic E-state index is 12.2. The smallest absolute Gasteiger partial charge is 0.362 e. The van der Waals surface area contributed by atoms with Crippen molar-refractivity contribution in [2.24, 2.45) is 0 Å². The number of rotatable bonds is 4. The van der Waals surface area contributed by atoms with Gasteiger partial charge in [-0.15, -0.1) is 0 Å². The van der Waals surface area contributed by atoms with Gasteiger partial charge in [-0.25, -0.2) is 14.7 Å². The van der Waals surface area contributed by atoms with Gasteiger partial charge in [0.05, 0.1) is 16.8 Å². The molecular formula is C21H17N5O5. The highest BCUT2D eigenvalue weighted by atomic mass is 16.4. The molecule has 4 aromatic rings. The monoisotopic (exact) mass is 419 g/mol. The molecule has 0 fully saturated rings. The number of aromatic nitrogens is 5. The predicted octanol–water partition coefficient (Wildman–Crippen LogP) is 1.06. The van der Waals surface area contributed by atoms with E-state index >= 15 is 0 Å². The number of hydrogen-bond donors (Lipinski definition) is 3. The van der Waals surface area contributed by atoms with Crippen LogP contribution in [0.15, 0.2) is 50.8 Å². The highest BCUT2D eigenvalue weighted by molar-refractivity contribution is 5.84. The third kappa shape index (κ3) is 3.54. The van der Waals surface area contributed by atoms with Crippen LogP contribution in [0.3, 0.4) is 0 Å². The summed E-state index contributed by atoms with van der Waals surface area (Å²) in [5.41, 5.74) is 0.633. The van der Waals surface area contributed by atoms with Gasteiger partial charge in [0.15, 0.2) is 0 Å². The molecule has 0 unspecified atom stereocenters. The summed E-state index contributed by atoms with van der Waals surface area (Å²) < 4.78 is 0.849. The zero-order valence-corrected chi connectivity index (χ0v) is 16.6. The Balaban J connectivity index is 1.82. The van der Waals surface area contributed by atoms with Gasteiger partial charge in [0.2, 0.25) is 5.69 Å². The number of H-pyrrole nitrogens is 2. The number of benzene rings is 2. The van der Waals surface area contributed by atoms with Crippen molar-refractivity contribution in [3.05, 3.63) is 95.7 Å². The van der Waals surface area contributed by atoms with Crippen LogP contribution in [0.4, 0.5) is 0 Å². The molecule has 0 bridgehead atoms. The second-order valence-electron chi connectivity index (χ2n) is 7.10. The first-order valence-electron chi connectivity index (χ1n) is 9.30. The van der Waals surface area contributed by atoms with Crippen molar-refractivity contribution in [1.82, 2.24) is 25.0 Å². The summed E-state index contributed by atoms with van der Waals surface area (Å²) in [5.74, 6) is -1.53. The number of carboxylic acid groups (broad SMARTS) is 1. The summed E-state index contributed by atoms with van der Waals surface area (Å²) in [6.45, 7) is 3.68. The van der Waals surface area contributed by atoms with E-state index in [-0.39, 0.29) is 5.56 Å². The fourth-order valence-electron chi connectivity index (χ4n) is 3.56. The summed E-state index contributed by atoms with van der Waals surface area (Å²) >= 11 is 0. The molecule has 4 rings (SSSR count). The molecule has 0 radical (unpaired) electrons. The van der Waals surface area contributed by atoms with Gasteiger partial charge in [-0.2, -0.15) is 14.9 Å². The summed E-state index contributed by atoms with van der Waals surface area (Å²) in [7, 11) is 0. The molecule has 2 aromatic heterocycles. The minimum Gasteiger partial charge on any atom is -0.476 e. The zero-order chi connectivity index (χ0) is 22.3. The molecule has 156 valence electrons. The van der Waals surface area contributed by atoms with Crippen LogP contribution in [0.5, 0.6) is 0 Å². The average Bonchev–Trinajstić information content (AvgIpc) is 2.72. The Morgan fingerprint density at radius 3 is 2.32 bits per heavy atom. The van der Waals surface area contributed by atoms with E-state index in [0.717, 1.165) is 26.8 Å². The Bertz CT molecular complexity index is 1510. The number of hydrogen-bond acceptors (Lipinski definition) is 6. The Morgan fingerprint density at radius 2 is 1.68 bits per heavy atom. The van der Waals surface area contributed by atoms with E-state index in [1.54, 1.807) is 24.3 Å². The lowest BCUT2D eigenvalue weighted by molar-refractivity contribution is 0.0685. The van der Waals surface area contributed by atoms with Crippen LogP contribution >= 0.6 is 0 Å². The fraction of sp³-hybridized carbons (Fsp3) is 0.143. The van der Waals surface area contributed by atoms with Gasteiger partial charge >= 0.3 is 11.7 Å². The number of carbonyl (C=O) groups is 1. The average molecular weight is 419 g/mol.